The highest BCUT2D eigenvalue weighted by molar-refractivity contribution is 9.11. The van der Waals surface area contributed by atoms with E-state index in [1.165, 1.54) is 0 Å². The van der Waals surface area contributed by atoms with Crippen molar-refractivity contribution in [2.24, 2.45) is 0 Å². The number of aromatic nitrogens is 1. The fourth-order valence-electron chi connectivity index (χ4n) is 1.31. The van der Waals surface area contributed by atoms with Crippen molar-refractivity contribution in [2.45, 2.75) is 6.54 Å². The lowest BCUT2D eigenvalue weighted by atomic mass is 10.3. The Kier molecular flexibility index (Phi) is 4.36. The minimum atomic E-state index is -0.990. The quantitative estimate of drug-likeness (QED) is 0.827. The van der Waals surface area contributed by atoms with Crippen molar-refractivity contribution in [3.8, 4) is 0 Å². The number of thiazole rings is 1. The van der Waals surface area contributed by atoms with Crippen LogP contribution in [0.1, 0.15) is 15.5 Å². The average molecular weight is 392 g/mol. The Morgan fingerprint density at radius 2 is 2.22 bits per heavy atom. The molecule has 0 aliphatic rings. The lowest BCUT2D eigenvalue weighted by Crippen LogP contribution is -2.02. The fraction of sp³-hybridized carbons (Fsp3) is 0.0909. The summed E-state index contributed by atoms with van der Waals surface area (Å²) in [6, 6.07) is 5.79. The topological polar surface area (TPSA) is 62.2 Å². The molecule has 1 aromatic carbocycles. The van der Waals surface area contributed by atoms with Crippen molar-refractivity contribution >= 4 is 54.9 Å². The van der Waals surface area contributed by atoms with Crippen LogP contribution < -0.4 is 5.32 Å². The van der Waals surface area contributed by atoms with E-state index in [4.69, 9.17) is 5.11 Å². The summed E-state index contributed by atoms with van der Waals surface area (Å²) >= 11 is 7.95. The number of aromatic carboxylic acids is 1. The number of carboxylic acids is 1. The molecule has 0 saturated carbocycles. The minimum absolute atomic E-state index is 0.113. The van der Waals surface area contributed by atoms with Gasteiger partial charge < -0.3 is 10.4 Å². The van der Waals surface area contributed by atoms with E-state index in [-0.39, 0.29) is 5.01 Å². The van der Waals surface area contributed by atoms with Gasteiger partial charge in [0.15, 0.2) is 0 Å². The van der Waals surface area contributed by atoms with Crippen LogP contribution in [0.3, 0.4) is 0 Å². The monoisotopic (exact) mass is 390 g/mol. The van der Waals surface area contributed by atoms with Crippen LogP contribution in [-0.4, -0.2) is 16.1 Å². The molecule has 18 heavy (non-hydrogen) atoms. The van der Waals surface area contributed by atoms with Crippen LogP contribution in [0.2, 0.25) is 0 Å². The third kappa shape index (κ3) is 3.30. The minimum Gasteiger partial charge on any atom is -0.476 e. The second-order valence-corrected chi connectivity index (χ2v) is 6.05. The molecular weight excluding hydrogens is 384 g/mol. The third-order valence-corrected chi connectivity index (χ3v) is 4.15. The number of benzene rings is 1. The normalized spacial score (nSPS) is 10.3. The molecule has 0 amide bonds. The highest BCUT2D eigenvalue weighted by Crippen LogP contribution is 2.26. The standard InChI is InChI=1S/C11H8Br2N2O2S/c12-6-1-2-9(8(13)3-6)14-4-7-5-18-10(15-7)11(16)17/h1-3,5,14H,4H2,(H,16,17). The molecule has 0 saturated heterocycles. The SMILES string of the molecule is O=C(O)c1nc(CNc2ccc(Br)cc2Br)cs1. The number of halogens is 2. The second kappa shape index (κ2) is 5.81. The van der Waals surface area contributed by atoms with Crippen molar-refractivity contribution in [2.75, 3.05) is 5.32 Å². The summed E-state index contributed by atoms with van der Waals surface area (Å²) in [5.74, 6) is -0.990. The Bertz CT molecular complexity index is 586. The van der Waals surface area contributed by atoms with E-state index in [0.717, 1.165) is 26.0 Å². The number of hydrogen-bond donors (Lipinski definition) is 2. The molecular formula is C11H8Br2N2O2S. The molecule has 0 radical (unpaired) electrons. The summed E-state index contributed by atoms with van der Waals surface area (Å²) in [6.45, 7) is 0.490. The van der Waals surface area contributed by atoms with Crippen LogP contribution in [0.5, 0.6) is 0 Å². The Morgan fingerprint density at radius 1 is 1.44 bits per heavy atom. The maximum atomic E-state index is 10.7. The van der Waals surface area contributed by atoms with Gasteiger partial charge in [-0.05, 0) is 34.1 Å². The predicted molar refractivity (Wildman–Crippen MR) is 78.2 cm³/mol. The number of anilines is 1. The van der Waals surface area contributed by atoms with E-state index in [2.05, 4.69) is 42.2 Å². The van der Waals surface area contributed by atoms with Crippen molar-refractivity contribution < 1.29 is 9.90 Å². The second-order valence-electron chi connectivity index (χ2n) is 3.43. The molecule has 94 valence electrons. The number of hydrogen-bond acceptors (Lipinski definition) is 4. The van der Waals surface area contributed by atoms with E-state index >= 15 is 0 Å². The number of carbonyl (C=O) groups is 1. The first-order chi connectivity index (χ1) is 8.56. The fourth-order valence-corrected chi connectivity index (χ4v) is 3.15. The Balaban J connectivity index is 2.04. The van der Waals surface area contributed by atoms with Gasteiger partial charge in [-0.3, -0.25) is 0 Å². The van der Waals surface area contributed by atoms with Crippen molar-refractivity contribution in [3.05, 3.63) is 43.2 Å². The molecule has 0 aliphatic heterocycles. The molecule has 7 heteroatoms. The molecule has 2 aromatic rings. The first kappa shape index (κ1) is 13.5. The van der Waals surface area contributed by atoms with E-state index in [1.54, 1.807) is 5.38 Å². The summed E-state index contributed by atoms with van der Waals surface area (Å²) < 4.78 is 1.92. The molecule has 0 fully saturated rings. The summed E-state index contributed by atoms with van der Waals surface area (Å²) in [4.78, 5) is 14.7. The molecule has 2 N–H and O–H groups in total. The van der Waals surface area contributed by atoms with E-state index in [1.807, 2.05) is 18.2 Å². The molecule has 0 bridgehead atoms. The number of nitrogens with zero attached hydrogens (tertiary/aromatic N) is 1. The first-order valence-corrected chi connectivity index (χ1v) is 7.39. The third-order valence-electron chi connectivity index (χ3n) is 2.13. The summed E-state index contributed by atoms with van der Waals surface area (Å²) in [6.07, 6.45) is 0. The lowest BCUT2D eigenvalue weighted by molar-refractivity contribution is 0.0696. The molecule has 1 heterocycles. The number of nitrogens with one attached hydrogen (secondary N) is 1. The van der Waals surface area contributed by atoms with Crippen molar-refractivity contribution in [1.29, 1.82) is 0 Å². The van der Waals surface area contributed by atoms with Crippen LogP contribution >= 0.6 is 43.2 Å². The molecule has 0 atom stereocenters. The van der Waals surface area contributed by atoms with Gasteiger partial charge in [0.1, 0.15) is 0 Å². The molecule has 0 spiro atoms. The molecule has 4 nitrogen and oxygen atoms in total. The zero-order valence-electron chi connectivity index (χ0n) is 8.98. The smallest absolute Gasteiger partial charge is 0.365 e. The van der Waals surface area contributed by atoms with Gasteiger partial charge >= 0.3 is 5.97 Å². The highest BCUT2D eigenvalue weighted by Gasteiger charge is 2.09. The number of rotatable bonds is 4. The Hall–Kier alpha value is -0.920. The predicted octanol–water partition coefficient (Wildman–Crippen LogP) is 3.98. The van der Waals surface area contributed by atoms with Gasteiger partial charge in [-0.25, -0.2) is 9.78 Å². The zero-order chi connectivity index (χ0) is 13.1. The van der Waals surface area contributed by atoms with Crippen molar-refractivity contribution in [1.82, 2.24) is 4.98 Å². The lowest BCUT2D eigenvalue weighted by Gasteiger charge is -2.07. The van der Waals surface area contributed by atoms with E-state index in [9.17, 15) is 4.79 Å². The van der Waals surface area contributed by atoms with Crippen LogP contribution in [0, 0.1) is 0 Å². The largest absolute Gasteiger partial charge is 0.476 e. The van der Waals surface area contributed by atoms with Gasteiger partial charge in [-0.1, -0.05) is 15.9 Å². The van der Waals surface area contributed by atoms with Gasteiger partial charge in [0.25, 0.3) is 0 Å². The maximum Gasteiger partial charge on any atom is 0.365 e. The maximum absolute atomic E-state index is 10.7. The van der Waals surface area contributed by atoms with Gasteiger partial charge in [0.2, 0.25) is 5.01 Å². The van der Waals surface area contributed by atoms with Gasteiger partial charge in [0, 0.05) is 20.0 Å². The first-order valence-electron chi connectivity index (χ1n) is 4.93. The zero-order valence-corrected chi connectivity index (χ0v) is 13.0. The van der Waals surface area contributed by atoms with Crippen LogP contribution in [0.4, 0.5) is 5.69 Å². The van der Waals surface area contributed by atoms with E-state index < -0.39 is 5.97 Å². The van der Waals surface area contributed by atoms with Gasteiger partial charge in [-0.15, -0.1) is 11.3 Å². The molecule has 1 aromatic heterocycles. The summed E-state index contributed by atoms with van der Waals surface area (Å²) in [5.41, 5.74) is 1.65. The van der Waals surface area contributed by atoms with E-state index in [0.29, 0.717) is 12.2 Å². The average Bonchev–Trinajstić information content (AvgIpc) is 2.76. The molecule has 0 aliphatic carbocycles. The highest BCUT2D eigenvalue weighted by atomic mass is 79.9. The van der Waals surface area contributed by atoms with Crippen molar-refractivity contribution in [3.63, 3.8) is 0 Å². The molecule has 2 rings (SSSR count). The van der Waals surface area contributed by atoms with Crippen LogP contribution in [0.15, 0.2) is 32.5 Å². The van der Waals surface area contributed by atoms with Gasteiger partial charge in [0.05, 0.1) is 12.2 Å². The Labute approximate surface area is 124 Å². The van der Waals surface area contributed by atoms with Crippen LogP contribution in [-0.2, 0) is 6.54 Å². The molecule has 0 unspecified atom stereocenters. The van der Waals surface area contributed by atoms with Gasteiger partial charge in [-0.2, -0.15) is 0 Å². The number of carboxylic acid groups (broad SMARTS) is 1. The van der Waals surface area contributed by atoms with Crippen LogP contribution in [0.25, 0.3) is 0 Å². The Morgan fingerprint density at radius 3 is 2.83 bits per heavy atom. The summed E-state index contributed by atoms with van der Waals surface area (Å²) in [7, 11) is 0. The summed E-state index contributed by atoms with van der Waals surface area (Å²) in [5, 5.41) is 13.8.